The van der Waals surface area contributed by atoms with Crippen LogP contribution in [-0.4, -0.2) is 20.7 Å². The minimum atomic E-state index is -0.729. The number of aliphatic carboxylic acids is 1. The highest BCUT2D eigenvalue weighted by Crippen LogP contribution is 2.32. The van der Waals surface area contributed by atoms with Gasteiger partial charge in [-0.2, -0.15) is 5.10 Å². The smallest absolute Gasteiger partial charge is 0.303 e. The van der Waals surface area contributed by atoms with Gasteiger partial charge in [-0.05, 0) is 55.9 Å². The van der Waals surface area contributed by atoms with Gasteiger partial charge in [-0.15, -0.1) is 0 Å². The summed E-state index contributed by atoms with van der Waals surface area (Å²) in [6.07, 6.45) is 3.55. The van der Waals surface area contributed by atoms with Crippen LogP contribution in [0.4, 0.5) is 0 Å². The fourth-order valence-corrected chi connectivity index (χ4v) is 3.40. The molecule has 1 aromatic carbocycles. The molecule has 0 unspecified atom stereocenters. The number of aromatic nitrogens is 2. The van der Waals surface area contributed by atoms with Crippen molar-refractivity contribution in [2.45, 2.75) is 46.0 Å². The molecule has 0 aliphatic carbocycles. The van der Waals surface area contributed by atoms with Crippen LogP contribution in [0.5, 0.6) is 0 Å². The van der Waals surface area contributed by atoms with Crippen molar-refractivity contribution < 1.29 is 9.90 Å². The Morgan fingerprint density at radius 2 is 1.88 bits per heavy atom. The van der Waals surface area contributed by atoms with E-state index in [9.17, 15) is 4.79 Å². The van der Waals surface area contributed by atoms with Gasteiger partial charge in [-0.3, -0.25) is 4.79 Å². The Balaban J connectivity index is 2.08. The summed E-state index contributed by atoms with van der Waals surface area (Å²) in [5, 5.41) is 13.7. The number of unbranched alkanes of at least 4 members (excludes halogenated alkanes) is 1. The van der Waals surface area contributed by atoms with Crippen molar-refractivity contribution in [2.24, 2.45) is 0 Å². The predicted molar refractivity (Wildman–Crippen MR) is 99.9 cm³/mol. The molecule has 4 nitrogen and oxygen atoms in total. The molecule has 25 heavy (non-hydrogen) atoms. The van der Waals surface area contributed by atoms with Crippen molar-refractivity contribution in [2.75, 3.05) is 0 Å². The Labute approximate surface area is 148 Å². The Hall–Kier alpha value is -2.62. The molecule has 0 radical (unpaired) electrons. The normalized spacial score (nSPS) is 11.1. The van der Waals surface area contributed by atoms with Gasteiger partial charge < -0.3 is 5.11 Å². The molecule has 3 rings (SSSR count). The highest BCUT2D eigenvalue weighted by Gasteiger charge is 2.16. The summed E-state index contributed by atoms with van der Waals surface area (Å²) in [5.74, 6) is -0.729. The Bertz CT molecular complexity index is 882. The molecule has 0 saturated heterocycles. The van der Waals surface area contributed by atoms with Gasteiger partial charge in [-0.1, -0.05) is 37.3 Å². The standard InChI is InChI=1S/C21H24N2O2/c1-3-17-13-14-19-21(16-9-5-4-6-10-16)18(15(2)22-23(17)19)11-7-8-12-20(24)25/h4-6,9-10,13-14H,3,7-8,11-12H2,1-2H3,(H,24,25). The van der Waals surface area contributed by atoms with Gasteiger partial charge in [0.2, 0.25) is 0 Å². The van der Waals surface area contributed by atoms with Gasteiger partial charge >= 0.3 is 5.97 Å². The minimum absolute atomic E-state index is 0.223. The molecule has 0 spiro atoms. The summed E-state index contributed by atoms with van der Waals surface area (Å²) in [7, 11) is 0. The van der Waals surface area contributed by atoms with Crippen LogP contribution in [0.3, 0.4) is 0 Å². The number of nitrogens with zero attached hydrogens (tertiary/aromatic N) is 2. The third-order valence-corrected chi connectivity index (χ3v) is 4.67. The van der Waals surface area contributed by atoms with Crippen LogP contribution in [-0.2, 0) is 17.6 Å². The van der Waals surface area contributed by atoms with Crippen LogP contribution < -0.4 is 0 Å². The Morgan fingerprint density at radius 3 is 2.56 bits per heavy atom. The lowest BCUT2D eigenvalue weighted by Gasteiger charge is -2.15. The van der Waals surface area contributed by atoms with E-state index >= 15 is 0 Å². The van der Waals surface area contributed by atoms with E-state index in [1.54, 1.807) is 0 Å². The van der Waals surface area contributed by atoms with Gasteiger partial charge in [0.1, 0.15) is 0 Å². The second kappa shape index (κ2) is 7.51. The Kier molecular flexibility index (Phi) is 5.17. The zero-order valence-corrected chi connectivity index (χ0v) is 14.8. The molecule has 0 fully saturated rings. The molecule has 4 heteroatoms. The van der Waals surface area contributed by atoms with E-state index < -0.39 is 5.97 Å². The van der Waals surface area contributed by atoms with Gasteiger partial charge in [0.15, 0.2) is 0 Å². The first kappa shape index (κ1) is 17.2. The maximum atomic E-state index is 10.8. The summed E-state index contributed by atoms with van der Waals surface area (Å²) in [6, 6.07) is 14.7. The Morgan fingerprint density at radius 1 is 1.12 bits per heavy atom. The molecule has 0 bridgehead atoms. The molecule has 0 amide bonds. The quantitative estimate of drug-likeness (QED) is 0.638. The highest BCUT2D eigenvalue weighted by atomic mass is 16.4. The number of hydrogen-bond donors (Lipinski definition) is 1. The van der Waals surface area contributed by atoms with Crippen molar-refractivity contribution in [1.29, 1.82) is 0 Å². The number of carboxylic acid groups (broad SMARTS) is 1. The van der Waals surface area contributed by atoms with E-state index in [0.29, 0.717) is 6.42 Å². The first-order valence-corrected chi connectivity index (χ1v) is 8.89. The van der Waals surface area contributed by atoms with Crippen LogP contribution in [0.1, 0.15) is 43.1 Å². The number of carboxylic acids is 1. The summed E-state index contributed by atoms with van der Waals surface area (Å²) in [4.78, 5) is 10.8. The first-order chi connectivity index (χ1) is 12.1. The number of benzene rings is 1. The van der Waals surface area contributed by atoms with Crippen molar-refractivity contribution in [3.8, 4) is 11.1 Å². The summed E-state index contributed by atoms with van der Waals surface area (Å²) >= 11 is 0. The number of rotatable bonds is 7. The third-order valence-electron chi connectivity index (χ3n) is 4.67. The second-order valence-corrected chi connectivity index (χ2v) is 6.38. The fraction of sp³-hybridized carbons (Fsp3) is 0.333. The molecular formula is C21H24N2O2. The molecule has 130 valence electrons. The average Bonchev–Trinajstić information content (AvgIpc) is 3.01. The van der Waals surface area contributed by atoms with E-state index in [4.69, 9.17) is 10.2 Å². The number of hydrogen-bond acceptors (Lipinski definition) is 2. The minimum Gasteiger partial charge on any atom is -0.481 e. The zero-order chi connectivity index (χ0) is 17.8. The number of aryl methyl sites for hydroxylation is 2. The van der Waals surface area contributed by atoms with Gasteiger partial charge in [-0.25, -0.2) is 4.52 Å². The van der Waals surface area contributed by atoms with Crippen LogP contribution in [0.25, 0.3) is 16.6 Å². The fourth-order valence-electron chi connectivity index (χ4n) is 3.40. The van der Waals surface area contributed by atoms with Crippen molar-refractivity contribution >= 4 is 11.5 Å². The maximum absolute atomic E-state index is 10.8. The lowest BCUT2D eigenvalue weighted by Crippen LogP contribution is -2.06. The van der Waals surface area contributed by atoms with Crippen LogP contribution >= 0.6 is 0 Å². The maximum Gasteiger partial charge on any atom is 0.303 e. The molecule has 2 aromatic heterocycles. The van der Waals surface area contributed by atoms with Crippen molar-refractivity contribution in [3.63, 3.8) is 0 Å². The van der Waals surface area contributed by atoms with Crippen LogP contribution in [0.2, 0.25) is 0 Å². The molecule has 3 aromatic rings. The zero-order valence-electron chi connectivity index (χ0n) is 14.8. The topological polar surface area (TPSA) is 54.6 Å². The third kappa shape index (κ3) is 3.58. The molecule has 1 N–H and O–H groups in total. The van der Waals surface area contributed by atoms with Crippen molar-refractivity contribution in [3.05, 3.63) is 59.4 Å². The molecule has 2 heterocycles. The molecule has 0 atom stereocenters. The second-order valence-electron chi connectivity index (χ2n) is 6.38. The van der Waals surface area contributed by atoms with E-state index in [1.807, 2.05) is 6.07 Å². The van der Waals surface area contributed by atoms with Gasteiger partial charge in [0.05, 0.1) is 11.2 Å². The van der Waals surface area contributed by atoms with Gasteiger partial charge in [0, 0.05) is 17.7 Å². The van der Waals surface area contributed by atoms with Crippen LogP contribution in [0.15, 0.2) is 42.5 Å². The van der Waals surface area contributed by atoms with Gasteiger partial charge in [0.25, 0.3) is 0 Å². The van der Waals surface area contributed by atoms with Crippen molar-refractivity contribution in [1.82, 2.24) is 9.61 Å². The molecule has 0 saturated carbocycles. The average molecular weight is 336 g/mol. The monoisotopic (exact) mass is 336 g/mol. The van der Waals surface area contributed by atoms with E-state index in [1.165, 1.54) is 22.4 Å². The number of fused-ring (bicyclic) bond motifs is 1. The van der Waals surface area contributed by atoms with E-state index in [0.717, 1.165) is 30.5 Å². The van der Waals surface area contributed by atoms with E-state index in [-0.39, 0.29) is 6.42 Å². The molecule has 0 aliphatic heterocycles. The molecular weight excluding hydrogens is 312 g/mol. The molecule has 0 aliphatic rings. The predicted octanol–water partition coefficient (Wildman–Crippen LogP) is 4.67. The lowest BCUT2D eigenvalue weighted by atomic mass is 9.95. The summed E-state index contributed by atoms with van der Waals surface area (Å²) in [5.41, 5.74) is 6.99. The summed E-state index contributed by atoms with van der Waals surface area (Å²) in [6.45, 7) is 4.19. The number of carbonyl (C=O) groups is 1. The largest absolute Gasteiger partial charge is 0.481 e. The summed E-state index contributed by atoms with van der Waals surface area (Å²) < 4.78 is 2.05. The first-order valence-electron chi connectivity index (χ1n) is 8.89. The highest BCUT2D eigenvalue weighted by molar-refractivity contribution is 5.83. The SMILES string of the molecule is CCc1ccc2c(-c3ccccc3)c(CCCCC(=O)O)c(C)nn12. The van der Waals surface area contributed by atoms with E-state index in [2.05, 4.69) is 54.8 Å². The van der Waals surface area contributed by atoms with Crippen LogP contribution in [0, 0.1) is 6.92 Å². The lowest BCUT2D eigenvalue weighted by molar-refractivity contribution is -0.137.